The zero-order valence-corrected chi connectivity index (χ0v) is 17.0. The minimum atomic E-state index is -0.163. The number of nitrogens with zero attached hydrogens (tertiary/aromatic N) is 1. The average molecular weight is 410 g/mol. The lowest BCUT2D eigenvalue weighted by molar-refractivity contribution is -0.128. The number of para-hydroxylation sites is 1. The first-order valence-electron chi connectivity index (χ1n) is 10.6. The van der Waals surface area contributed by atoms with E-state index < -0.39 is 0 Å². The van der Waals surface area contributed by atoms with Gasteiger partial charge in [0, 0.05) is 41.2 Å². The van der Waals surface area contributed by atoms with Gasteiger partial charge in [-0.2, -0.15) is 0 Å². The van der Waals surface area contributed by atoms with Crippen LogP contribution in [0.15, 0.2) is 71.6 Å². The molecular weight excluding hydrogens is 388 g/mol. The van der Waals surface area contributed by atoms with Crippen LogP contribution in [0.3, 0.4) is 0 Å². The smallest absolute Gasteiger partial charge is 0.247 e. The standard InChI is InChI=1S/C26H22N2O3/c29-24(8-5-17-10-13-30-16-17)28-12-9-21-20-3-1-2-4-22(20)27-25(21)26(28)19-6-7-23-18(15-19)11-14-31-23/h1-8,10,13,15-16,26-27H,9,11-12,14H2/b8-5+/t26-/m1/s1. The van der Waals surface area contributed by atoms with E-state index in [4.69, 9.17) is 9.15 Å². The van der Waals surface area contributed by atoms with Gasteiger partial charge in [-0.1, -0.05) is 24.3 Å². The van der Waals surface area contributed by atoms with Crippen molar-refractivity contribution in [2.75, 3.05) is 13.2 Å². The summed E-state index contributed by atoms with van der Waals surface area (Å²) in [6, 6.07) is 16.4. The number of hydrogen-bond acceptors (Lipinski definition) is 3. The van der Waals surface area contributed by atoms with Gasteiger partial charge in [-0.3, -0.25) is 4.79 Å². The van der Waals surface area contributed by atoms with Crippen LogP contribution < -0.4 is 4.74 Å². The van der Waals surface area contributed by atoms with Gasteiger partial charge in [0.2, 0.25) is 5.91 Å². The first kappa shape index (κ1) is 18.1. The predicted molar refractivity (Wildman–Crippen MR) is 119 cm³/mol. The van der Waals surface area contributed by atoms with Crippen molar-refractivity contribution >= 4 is 22.9 Å². The number of amides is 1. The van der Waals surface area contributed by atoms with Gasteiger partial charge in [-0.15, -0.1) is 0 Å². The fourth-order valence-electron chi connectivity index (χ4n) is 4.83. The maximum absolute atomic E-state index is 13.3. The molecule has 2 aromatic carbocycles. The van der Waals surface area contributed by atoms with Gasteiger partial charge in [0.15, 0.2) is 0 Å². The monoisotopic (exact) mass is 410 g/mol. The molecule has 2 aromatic heterocycles. The Balaban J connectivity index is 1.45. The van der Waals surface area contributed by atoms with Crippen LogP contribution in [-0.2, 0) is 17.6 Å². The van der Waals surface area contributed by atoms with E-state index in [1.807, 2.05) is 23.1 Å². The Morgan fingerprint density at radius 2 is 2.06 bits per heavy atom. The quantitative estimate of drug-likeness (QED) is 0.490. The van der Waals surface area contributed by atoms with Crippen LogP contribution in [0.1, 0.15) is 34.0 Å². The highest BCUT2D eigenvalue weighted by Crippen LogP contribution is 2.40. The van der Waals surface area contributed by atoms with Crippen LogP contribution in [0.4, 0.5) is 0 Å². The van der Waals surface area contributed by atoms with Gasteiger partial charge in [0.1, 0.15) is 5.75 Å². The first-order chi connectivity index (χ1) is 15.3. The van der Waals surface area contributed by atoms with Crippen molar-refractivity contribution in [2.45, 2.75) is 18.9 Å². The number of fused-ring (bicyclic) bond motifs is 4. The van der Waals surface area contributed by atoms with Crippen molar-refractivity contribution in [2.24, 2.45) is 0 Å². The molecule has 4 heterocycles. The second kappa shape index (κ2) is 7.20. The molecule has 2 aliphatic rings. The van der Waals surface area contributed by atoms with E-state index in [0.29, 0.717) is 6.54 Å². The first-order valence-corrected chi connectivity index (χ1v) is 10.6. The molecule has 4 aromatic rings. The summed E-state index contributed by atoms with van der Waals surface area (Å²) in [5, 5.41) is 1.24. The maximum Gasteiger partial charge on any atom is 0.247 e. The number of aromatic amines is 1. The van der Waals surface area contributed by atoms with Crippen molar-refractivity contribution in [1.82, 2.24) is 9.88 Å². The van der Waals surface area contributed by atoms with Gasteiger partial charge < -0.3 is 19.0 Å². The van der Waals surface area contributed by atoms with E-state index in [1.165, 1.54) is 16.5 Å². The Labute approximate surface area is 179 Å². The Kier molecular flexibility index (Phi) is 4.20. The average Bonchev–Trinajstić information content (AvgIpc) is 3.55. The summed E-state index contributed by atoms with van der Waals surface area (Å²) < 4.78 is 10.8. The van der Waals surface area contributed by atoms with Gasteiger partial charge >= 0.3 is 0 Å². The van der Waals surface area contributed by atoms with Crippen LogP contribution in [0, 0.1) is 0 Å². The molecule has 1 amide bonds. The molecule has 0 saturated carbocycles. The number of nitrogens with one attached hydrogen (secondary N) is 1. The van der Waals surface area contributed by atoms with Gasteiger partial charge in [-0.25, -0.2) is 0 Å². The van der Waals surface area contributed by atoms with E-state index >= 15 is 0 Å². The lowest BCUT2D eigenvalue weighted by atomic mass is 9.91. The summed E-state index contributed by atoms with van der Waals surface area (Å²) in [6.07, 6.45) is 8.42. The third kappa shape index (κ3) is 3.05. The summed E-state index contributed by atoms with van der Waals surface area (Å²) in [4.78, 5) is 18.9. The molecule has 0 bridgehead atoms. The fourth-order valence-corrected chi connectivity index (χ4v) is 4.83. The molecule has 0 unspecified atom stereocenters. The molecule has 1 N–H and O–H groups in total. The Morgan fingerprint density at radius 1 is 1.13 bits per heavy atom. The summed E-state index contributed by atoms with van der Waals surface area (Å²) in [5.41, 5.74) is 6.73. The number of benzene rings is 2. The zero-order chi connectivity index (χ0) is 20.8. The minimum Gasteiger partial charge on any atom is -0.493 e. The lowest BCUT2D eigenvalue weighted by Crippen LogP contribution is -2.39. The molecule has 5 heteroatoms. The molecule has 0 saturated heterocycles. The van der Waals surface area contributed by atoms with Crippen molar-refractivity contribution < 1.29 is 13.9 Å². The molecule has 1 atom stereocenters. The van der Waals surface area contributed by atoms with E-state index in [9.17, 15) is 4.79 Å². The van der Waals surface area contributed by atoms with E-state index in [0.717, 1.165) is 47.5 Å². The highest BCUT2D eigenvalue weighted by atomic mass is 16.5. The normalized spacial score (nSPS) is 17.7. The van der Waals surface area contributed by atoms with Gasteiger partial charge in [0.25, 0.3) is 0 Å². The van der Waals surface area contributed by atoms with Crippen LogP contribution in [0.2, 0.25) is 0 Å². The Hall–Kier alpha value is -3.73. The number of carbonyl (C=O) groups is 1. The van der Waals surface area contributed by atoms with Crippen LogP contribution in [0.25, 0.3) is 17.0 Å². The molecule has 0 fully saturated rings. The lowest BCUT2D eigenvalue weighted by Gasteiger charge is -2.36. The summed E-state index contributed by atoms with van der Waals surface area (Å²) >= 11 is 0. The third-order valence-electron chi connectivity index (χ3n) is 6.31. The molecule has 0 spiro atoms. The summed E-state index contributed by atoms with van der Waals surface area (Å²) in [5.74, 6) is 0.946. The number of aromatic nitrogens is 1. The maximum atomic E-state index is 13.3. The van der Waals surface area contributed by atoms with Crippen molar-refractivity contribution in [3.8, 4) is 5.75 Å². The van der Waals surface area contributed by atoms with E-state index in [1.54, 1.807) is 24.7 Å². The highest BCUT2D eigenvalue weighted by molar-refractivity contribution is 5.93. The van der Waals surface area contributed by atoms with Crippen LogP contribution >= 0.6 is 0 Å². The van der Waals surface area contributed by atoms with E-state index in [-0.39, 0.29) is 11.9 Å². The largest absolute Gasteiger partial charge is 0.493 e. The Bertz CT molecular complexity index is 1300. The predicted octanol–water partition coefficient (Wildman–Crippen LogP) is 4.88. The number of ether oxygens (including phenoxy) is 1. The fraction of sp³-hybridized carbons (Fsp3) is 0.192. The number of carbonyl (C=O) groups excluding carboxylic acids is 1. The molecule has 5 nitrogen and oxygen atoms in total. The van der Waals surface area contributed by atoms with Gasteiger partial charge in [0.05, 0.1) is 25.2 Å². The SMILES string of the molecule is O=C(/C=C/c1ccoc1)N1CCc2c([nH]c3ccccc23)[C@H]1c1ccc2c(c1)CCO2. The number of hydrogen-bond donors (Lipinski definition) is 1. The summed E-state index contributed by atoms with van der Waals surface area (Å²) in [7, 11) is 0. The molecule has 0 radical (unpaired) electrons. The second-order valence-electron chi connectivity index (χ2n) is 8.10. The zero-order valence-electron chi connectivity index (χ0n) is 17.0. The second-order valence-corrected chi connectivity index (χ2v) is 8.10. The summed E-state index contributed by atoms with van der Waals surface area (Å²) in [6.45, 7) is 1.39. The third-order valence-corrected chi connectivity index (χ3v) is 6.31. The number of furan rings is 1. The molecule has 6 rings (SSSR count). The number of H-pyrrole nitrogens is 1. The van der Waals surface area contributed by atoms with Gasteiger partial charge in [-0.05, 0) is 53.5 Å². The highest BCUT2D eigenvalue weighted by Gasteiger charge is 2.34. The molecular formula is C26H22N2O3. The molecule has 0 aliphatic carbocycles. The van der Waals surface area contributed by atoms with Crippen molar-refractivity contribution in [1.29, 1.82) is 0 Å². The minimum absolute atomic E-state index is 0.00717. The van der Waals surface area contributed by atoms with Crippen molar-refractivity contribution in [3.63, 3.8) is 0 Å². The number of rotatable bonds is 3. The molecule has 31 heavy (non-hydrogen) atoms. The van der Waals surface area contributed by atoms with Crippen LogP contribution in [-0.4, -0.2) is 28.9 Å². The van der Waals surface area contributed by atoms with E-state index in [2.05, 4.69) is 35.3 Å². The molecule has 154 valence electrons. The topological polar surface area (TPSA) is 58.5 Å². The van der Waals surface area contributed by atoms with Crippen molar-refractivity contribution in [3.05, 3.63) is 95.1 Å². The van der Waals surface area contributed by atoms with Crippen LogP contribution in [0.5, 0.6) is 5.75 Å². The molecule has 2 aliphatic heterocycles. The Morgan fingerprint density at radius 3 is 2.97 bits per heavy atom.